The third-order valence-corrected chi connectivity index (χ3v) is 5.74. The van der Waals surface area contributed by atoms with Crippen LogP contribution < -0.4 is 5.32 Å². The number of benzene rings is 1. The fourth-order valence-electron chi connectivity index (χ4n) is 4.04. The molecule has 148 valence electrons. The van der Waals surface area contributed by atoms with Gasteiger partial charge in [-0.15, -0.1) is 0 Å². The lowest BCUT2D eigenvalue weighted by atomic mass is 10.2. The van der Waals surface area contributed by atoms with E-state index in [4.69, 9.17) is 16.6 Å². The summed E-state index contributed by atoms with van der Waals surface area (Å²) in [6.07, 6.45) is 4.34. The standard InChI is InChI=1S/C21H21ClN6O/c1-12-10-14(18-19(23-12)28-9-5-3-4-6-17(28)25-18)20(29)26-21-24-15-11-13(22)7-8-16(15)27(21)2/h7-8,10-11H,3-6,9H2,1-2H3,(H,24,26,29). The van der Waals surface area contributed by atoms with Crippen molar-refractivity contribution < 1.29 is 4.79 Å². The third kappa shape index (κ3) is 3.06. The molecule has 4 aromatic rings. The molecule has 0 atom stereocenters. The molecule has 5 rings (SSSR count). The maximum atomic E-state index is 13.2. The maximum absolute atomic E-state index is 13.2. The zero-order valence-corrected chi connectivity index (χ0v) is 17.1. The molecule has 1 amide bonds. The van der Waals surface area contributed by atoms with Crippen LogP contribution in [0.2, 0.25) is 5.02 Å². The lowest BCUT2D eigenvalue weighted by molar-refractivity contribution is 0.102. The van der Waals surface area contributed by atoms with Crippen molar-refractivity contribution >= 4 is 45.7 Å². The van der Waals surface area contributed by atoms with Gasteiger partial charge in [-0.1, -0.05) is 18.0 Å². The number of fused-ring (bicyclic) bond motifs is 4. The Morgan fingerprint density at radius 2 is 2.00 bits per heavy atom. The van der Waals surface area contributed by atoms with E-state index < -0.39 is 0 Å². The molecule has 0 saturated carbocycles. The number of carbonyl (C=O) groups is 1. The van der Waals surface area contributed by atoms with Crippen molar-refractivity contribution in [3.05, 3.63) is 46.4 Å². The van der Waals surface area contributed by atoms with E-state index in [0.717, 1.165) is 54.0 Å². The van der Waals surface area contributed by atoms with Gasteiger partial charge in [0.25, 0.3) is 5.91 Å². The average Bonchev–Trinajstić information content (AvgIpc) is 3.07. The van der Waals surface area contributed by atoms with Crippen molar-refractivity contribution in [1.82, 2.24) is 24.1 Å². The van der Waals surface area contributed by atoms with Crippen molar-refractivity contribution in [3.63, 3.8) is 0 Å². The highest BCUT2D eigenvalue weighted by Crippen LogP contribution is 2.26. The van der Waals surface area contributed by atoms with Gasteiger partial charge < -0.3 is 9.13 Å². The van der Waals surface area contributed by atoms with Crippen LogP contribution >= 0.6 is 11.6 Å². The van der Waals surface area contributed by atoms with Crippen LogP contribution in [0.4, 0.5) is 5.95 Å². The summed E-state index contributed by atoms with van der Waals surface area (Å²) in [5, 5.41) is 3.55. The van der Waals surface area contributed by atoms with Crippen LogP contribution in [0.1, 0.15) is 41.1 Å². The summed E-state index contributed by atoms with van der Waals surface area (Å²) in [4.78, 5) is 27.2. The van der Waals surface area contributed by atoms with Crippen molar-refractivity contribution in [3.8, 4) is 0 Å². The van der Waals surface area contributed by atoms with Crippen molar-refractivity contribution in [2.24, 2.45) is 7.05 Å². The lowest BCUT2D eigenvalue weighted by Crippen LogP contribution is -2.16. The van der Waals surface area contributed by atoms with Crippen LogP contribution in [0.25, 0.3) is 22.2 Å². The molecule has 0 fully saturated rings. The minimum atomic E-state index is -0.238. The van der Waals surface area contributed by atoms with E-state index in [2.05, 4.69) is 19.9 Å². The number of hydrogen-bond donors (Lipinski definition) is 1. The van der Waals surface area contributed by atoms with Gasteiger partial charge in [-0.25, -0.2) is 15.0 Å². The molecule has 4 heterocycles. The van der Waals surface area contributed by atoms with E-state index in [1.807, 2.05) is 30.7 Å². The third-order valence-electron chi connectivity index (χ3n) is 5.51. The Labute approximate surface area is 172 Å². The van der Waals surface area contributed by atoms with E-state index in [-0.39, 0.29) is 5.91 Å². The minimum absolute atomic E-state index is 0.238. The first-order valence-electron chi connectivity index (χ1n) is 9.81. The van der Waals surface area contributed by atoms with Crippen LogP contribution in [0, 0.1) is 6.92 Å². The number of imidazole rings is 2. The zero-order chi connectivity index (χ0) is 20.1. The molecule has 0 unspecified atom stereocenters. The number of rotatable bonds is 2. The van der Waals surface area contributed by atoms with Crippen LogP contribution in [0.15, 0.2) is 24.3 Å². The van der Waals surface area contributed by atoms with Gasteiger partial charge in [0.05, 0.1) is 16.6 Å². The molecule has 1 aliphatic rings. The maximum Gasteiger partial charge on any atom is 0.260 e. The molecule has 0 spiro atoms. The van der Waals surface area contributed by atoms with Gasteiger partial charge in [0.2, 0.25) is 5.95 Å². The number of pyridine rings is 1. The monoisotopic (exact) mass is 408 g/mol. The van der Waals surface area contributed by atoms with Crippen LogP contribution in [0.3, 0.4) is 0 Å². The minimum Gasteiger partial charge on any atom is -0.313 e. The number of halogens is 1. The van der Waals surface area contributed by atoms with Crippen molar-refractivity contribution in [1.29, 1.82) is 0 Å². The highest BCUT2D eigenvalue weighted by Gasteiger charge is 2.22. The second-order valence-corrected chi connectivity index (χ2v) is 7.99. The van der Waals surface area contributed by atoms with E-state index >= 15 is 0 Å². The summed E-state index contributed by atoms with van der Waals surface area (Å²) in [6.45, 7) is 2.80. The summed E-state index contributed by atoms with van der Waals surface area (Å²) < 4.78 is 4.01. The molecule has 3 aromatic heterocycles. The van der Waals surface area contributed by atoms with Crippen molar-refractivity contribution in [2.45, 2.75) is 39.2 Å². The van der Waals surface area contributed by atoms with Gasteiger partial charge in [0.1, 0.15) is 11.3 Å². The van der Waals surface area contributed by atoms with E-state index in [1.54, 1.807) is 12.1 Å². The number of nitrogens with zero attached hydrogens (tertiary/aromatic N) is 5. The summed E-state index contributed by atoms with van der Waals surface area (Å²) in [6, 6.07) is 7.28. The van der Waals surface area contributed by atoms with Gasteiger partial charge in [-0.05, 0) is 44.0 Å². The quantitative estimate of drug-likeness (QED) is 0.537. The molecule has 1 aliphatic heterocycles. The molecule has 29 heavy (non-hydrogen) atoms. The second-order valence-electron chi connectivity index (χ2n) is 7.56. The van der Waals surface area contributed by atoms with Gasteiger partial charge >= 0.3 is 0 Å². The molecular formula is C21H21ClN6O. The Morgan fingerprint density at radius 3 is 2.86 bits per heavy atom. The average molecular weight is 409 g/mol. The summed E-state index contributed by atoms with van der Waals surface area (Å²) in [5.74, 6) is 1.25. The molecule has 0 radical (unpaired) electrons. The molecule has 8 heteroatoms. The molecule has 0 saturated heterocycles. The predicted molar refractivity (Wildman–Crippen MR) is 113 cm³/mol. The highest BCUT2D eigenvalue weighted by atomic mass is 35.5. The molecule has 1 N–H and O–H groups in total. The largest absolute Gasteiger partial charge is 0.313 e. The lowest BCUT2D eigenvalue weighted by Gasteiger charge is -2.08. The molecule has 1 aromatic carbocycles. The van der Waals surface area contributed by atoms with E-state index in [1.165, 1.54) is 6.42 Å². The predicted octanol–water partition coefficient (Wildman–Crippen LogP) is 4.26. The zero-order valence-electron chi connectivity index (χ0n) is 16.4. The van der Waals surface area contributed by atoms with E-state index in [0.29, 0.717) is 22.1 Å². The van der Waals surface area contributed by atoms with Gasteiger partial charge in [0.15, 0.2) is 5.65 Å². The smallest absolute Gasteiger partial charge is 0.260 e. The summed E-state index contributed by atoms with van der Waals surface area (Å²) in [5.41, 5.74) is 4.41. The fraction of sp³-hybridized carbons (Fsp3) is 0.333. The molecule has 0 aliphatic carbocycles. The van der Waals surface area contributed by atoms with Gasteiger partial charge in [0, 0.05) is 30.7 Å². The summed E-state index contributed by atoms with van der Waals surface area (Å²) in [7, 11) is 1.87. The van der Waals surface area contributed by atoms with Crippen LogP contribution in [0.5, 0.6) is 0 Å². The fourth-order valence-corrected chi connectivity index (χ4v) is 4.21. The Kier molecular flexibility index (Phi) is 4.28. The highest BCUT2D eigenvalue weighted by molar-refractivity contribution is 6.31. The topological polar surface area (TPSA) is 77.6 Å². The van der Waals surface area contributed by atoms with Crippen LogP contribution in [-0.2, 0) is 20.0 Å². The number of nitrogens with one attached hydrogen (secondary N) is 1. The number of hydrogen-bond acceptors (Lipinski definition) is 4. The van der Waals surface area contributed by atoms with Gasteiger partial charge in [-0.2, -0.15) is 0 Å². The first-order chi connectivity index (χ1) is 14.0. The number of amides is 1. The molecular weight excluding hydrogens is 388 g/mol. The number of anilines is 1. The molecule has 7 nitrogen and oxygen atoms in total. The number of aromatic nitrogens is 5. The Morgan fingerprint density at radius 1 is 1.14 bits per heavy atom. The first-order valence-corrected chi connectivity index (χ1v) is 10.2. The summed E-state index contributed by atoms with van der Waals surface area (Å²) >= 11 is 6.07. The second kappa shape index (κ2) is 6.84. The SMILES string of the molecule is Cc1cc(C(=O)Nc2nc3cc(Cl)ccc3n2C)c2nc3n(c2n1)CCCCC3. The van der Waals surface area contributed by atoms with Crippen LogP contribution in [-0.4, -0.2) is 30.0 Å². The number of carbonyl (C=O) groups excluding carboxylic acids is 1. The van der Waals surface area contributed by atoms with E-state index in [9.17, 15) is 4.79 Å². The normalized spacial score (nSPS) is 14.2. The Bertz CT molecular complexity index is 1270. The molecule has 0 bridgehead atoms. The Hall–Kier alpha value is -2.93. The Balaban J connectivity index is 1.57. The van der Waals surface area contributed by atoms with Crippen molar-refractivity contribution in [2.75, 3.05) is 5.32 Å². The van der Waals surface area contributed by atoms with Gasteiger partial charge in [-0.3, -0.25) is 10.1 Å². The number of aryl methyl sites for hydroxylation is 4. The first kappa shape index (κ1) is 18.1.